The molecule has 2 rings (SSSR count). The number of hydrogen-bond donors (Lipinski definition) is 1. The van der Waals surface area contributed by atoms with Gasteiger partial charge in [0.05, 0.1) is 6.42 Å². The van der Waals surface area contributed by atoms with Crippen molar-refractivity contribution in [2.24, 2.45) is 0 Å². The third-order valence-corrected chi connectivity index (χ3v) is 1.64. The van der Waals surface area contributed by atoms with E-state index in [-0.39, 0.29) is 7.33 Å². The van der Waals surface area contributed by atoms with Crippen LogP contribution in [0.4, 0.5) is 5.69 Å². The van der Waals surface area contributed by atoms with E-state index in [1.165, 1.54) is 0 Å². The van der Waals surface area contributed by atoms with Crippen molar-refractivity contribution in [3.63, 3.8) is 0 Å². The highest BCUT2D eigenvalue weighted by Crippen LogP contribution is 2.20. The van der Waals surface area contributed by atoms with Crippen LogP contribution in [0.1, 0.15) is 6.99 Å². The van der Waals surface area contributed by atoms with E-state index in [2.05, 4.69) is 5.32 Å². The Morgan fingerprint density at radius 3 is 3.00 bits per heavy atom. The first-order chi connectivity index (χ1) is 4.86. The molecule has 0 saturated carbocycles. The van der Waals surface area contributed by atoms with E-state index >= 15 is 0 Å². The van der Waals surface area contributed by atoms with Crippen molar-refractivity contribution >= 4 is 11.6 Å². The van der Waals surface area contributed by atoms with Crippen LogP contribution < -0.4 is 5.32 Å². The second-order valence-electron chi connectivity index (χ2n) is 2.38. The van der Waals surface area contributed by atoms with Gasteiger partial charge in [-0.3, -0.25) is 4.79 Å². The number of para-hydroxylation sites is 1. The molecule has 0 radical (unpaired) electrons. The summed E-state index contributed by atoms with van der Waals surface area (Å²) in [5.74, 6) is 0.0983. The summed E-state index contributed by atoms with van der Waals surface area (Å²) in [7, 11) is 0. The molecule has 0 saturated heterocycles. The fourth-order valence-corrected chi connectivity index (χ4v) is 1.16. The number of carbonyl (C=O) groups excluding carboxylic acids is 1. The molecule has 1 aliphatic heterocycles. The van der Waals surface area contributed by atoms with E-state index in [0.717, 1.165) is 11.3 Å². The summed E-state index contributed by atoms with van der Waals surface area (Å²) in [6.07, 6.45) is 0.538. The first-order valence-corrected chi connectivity index (χ1v) is 3.24. The molecule has 1 aromatic rings. The van der Waals surface area contributed by atoms with Crippen LogP contribution in [0.3, 0.4) is 0 Å². The molecule has 1 heterocycles. The fourth-order valence-electron chi connectivity index (χ4n) is 1.16. The quantitative estimate of drug-likeness (QED) is 0.572. The molecule has 0 fully saturated rings. The topological polar surface area (TPSA) is 29.1 Å². The van der Waals surface area contributed by atoms with Crippen LogP contribution >= 0.6 is 0 Å². The Morgan fingerprint density at radius 2 is 2.20 bits per heavy atom. The third-order valence-electron chi connectivity index (χ3n) is 1.64. The van der Waals surface area contributed by atoms with Crippen molar-refractivity contribution in [3.05, 3.63) is 29.8 Å². The zero-order chi connectivity index (χ0) is 6.97. The maximum absolute atomic E-state index is 10.8. The highest BCUT2D eigenvalue weighted by Gasteiger charge is 2.15. The first-order valence-electron chi connectivity index (χ1n) is 3.24. The number of rotatable bonds is 0. The molecule has 1 aromatic carbocycles. The van der Waals surface area contributed by atoms with Gasteiger partial charge < -0.3 is 5.32 Å². The average Bonchev–Trinajstić information content (AvgIpc) is 2.27. The Bertz CT molecular complexity index is 258. The summed E-state index contributed by atoms with van der Waals surface area (Å²) in [5, 5.41) is 2.76. The summed E-state index contributed by atoms with van der Waals surface area (Å²) in [6.45, 7) is 0. The molecule has 0 bridgehead atoms. The second-order valence-corrected chi connectivity index (χ2v) is 2.38. The molecular weight excluding hydrogens is 126 g/mol. The minimum atomic E-state index is 0. The largest absolute Gasteiger partial charge is 0.326 e. The zero-order valence-electron chi connectivity index (χ0n) is 5.42. The Balaban J connectivity index is 0.000000605. The van der Waals surface area contributed by atoms with E-state index in [1.54, 1.807) is 0 Å². The number of amides is 1. The standard InChI is InChI=1S/C8H7NO.H2/c10-8-5-6-3-1-2-4-7(6)9-8;/h1-4H,5H2,(H,9,10);1H. The predicted octanol–water partition coefficient (Wildman–Crippen LogP) is 1.43. The third kappa shape index (κ3) is 0.692. The Labute approximate surface area is 60.4 Å². The van der Waals surface area contributed by atoms with Gasteiger partial charge in [0.15, 0.2) is 0 Å². The monoisotopic (exact) mass is 135 g/mol. The van der Waals surface area contributed by atoms with Gasteiger partial charge in [-0.25, -0.2) is 0 Å². The number of benzene rings is 1. The smallest absolute Gasteiger partial charge is 0.228 e. The summed E-state index contributed by atoms with van der Waals surface area (Å²) < 4.78 is 0. The number of anilines is 1. The molecule has 2 nitrogen and oxygen atoms in total. The van der Waals surface area contributed by atoms with Crippen LogP contribution in [-0.4, -0.2) is 5.91 Å². The first kappa shape index (κ1) is 5.47. The van der Waals surface area contributed by atoms with Crippen molar-refractivity contribution in [2.75, 3.05) is 5.32 Å². The highest BCUT2D eigenvalue weighted by atomic mass is 16.1. The lowest BCUT2D eigenvalue weighted by molar-refractivity contribution is -0.115. The summed E-state index contributed by atoms with van der Waals surface area (Å²) >= 11 is 0. The molecule has 2 heteroatoms. The van der Waals surface area contributed by atoms with E-state index in [0.29, 0.717) is 6.42 Å². The minimum Gasteiger partial charge on any atom is -0.326 e. The summed E-state index contributed by atoms with van der Waals surface area (Å²) in [5.41, 5.74) is 2.07. The average molecular weight is 135 g/mol. The molecule has 0 aliphatic carbocycles. The maximum Gasteiger partial charge on any atom is 0.228 e. The van der Waals surface area contributed by atoms with Gasteiger partial charge in [0.2, 0.25) is 5.91 Å². The van der Waals surface area contributed by atoms with Gasteiger partial charge in [0.25, 0.3) is 0 Å². The molecule has 0 unspecified atom stereocenters. The Hall–Kier alpha value is -1.31. The van der Waals surface area contributed by atoms with Gasteiger partial charge in [0.1, 0.15) is 0 Å². The van der Waals surface area contributed by atoms with Crippen molar-refractivity contribution < 1.29 is 6.22 Å². The Morgan fingerprint density at radius 1 is 1.40 bits per heavy atom. The SMILES string of the molecule is O=C1Cc2ccccc2N1.[HH]. The van der Waals surface area contributed by atoms with Gasteiger partial charge >= 0.3 is 0 Å². The molecular formula is C8H9NO. The molecule has 1 aliphatic rings. The number of carbonyl (C=O) groups is 1. The lowest BCUT2D eigenvalue weighted by Gasteiger charge is -1.93. The highest BCUT2D eigenvalue weighted by molar-refractivity contribution is 5.98. The second kappa shape index (κ2) is 1.84. The Kier molecular flexibility index (Phi) is 1.01. The maximum atomic E-state index is 10.8. The van der Waals surface area contributed by atoms with Gasteiger partial charge in [-0.2, -0.15) is 0 Å². The molecule has 1 N–H and O–H groups in total. The van der Waals surface area contributed by atoms with Crippen LogP contribution in [0.15, 0.2) is 24.3 Å². The molecule has 0 aromatic heterocycles. The van der Waals surface area contributed by atoms with Gasteiger partial charge in [0, 0.05) is 7.11 Å². The van der Waals surface area contributed by atoms with Crippen LogP contribution in [-0.2, 0) is 11.2 Å². The fraction of sp³-hybridized carbons (Fsp3) is 0.125. The lowest BCUT2D eigenvalue weighted by atomic mass is 10.2. The zero-order valence-corrected chi connectivity index (χ0v) is 5.42. The van der Waals surface area contributed by atoms with Crippen LogP contribution in [0.2, 0.25) is 0 Å². The van der Waals surface area contributed by atoms with E-state index in [1.807, 2.05) is 24.3 Å². The predicted molar refractivity (Wildman–Crippen MR) is 40.9 cm³/mol. The molecule has 52 valence electrons. The van der Waals surface area contributed by atoms with E-state index < -0.39 is 0 Å². The molecule has 1 amide bonds. The minimum absolute atomic E-state index is 0. The molecule has 10 heavy (non-hydrogen) atoms. The summed E-state index contributed by atoms with van der Waals surface area (Å²) in [6, 6.07) is 7.75. The van der Waals surface area contributed by atoms with Crippen LogP contribution in [0, 0.1) is 0 Å². The molecule has 0 atom stereocenters. The van der Waals surface area contributed by atoms with Crippen molar-refractivity contribution in [1.82, 2.24) is 0 Å². The van der Waals surface area contributed by atoms with Gasteiger partial charge in [-0.1, -0.05) is 18.2 Å². The van der Waals surface area contributed by atoms with Crippen molar-refractivity contribution in [1.29, 1.82) is 0 Å². The van der Waals surface area contributed by atoms with Gasteiger partial charge in [-0.05, 0) is 11.6 Å². The van der Waals surface area contributed by atoms with E-state index in [9.17, 15) is 4.79 Å². The number of fused-ring (bicyclic) bond motifs is 1. The van der Waals surface area contributed by atoms with Gasteiger partial charge in [-0.15, -0.1) is 0 Å². The lowest BCUT2D eigenvalue weighted by Crippen LogP contribution is -2.03. The summed E-state index contributed by atoms with van der Waals surface area (Å²) in [4.78, 5) is 10.8. The van der Waals surface area contributed by atoms with Crippen molar-refractivity contribution in [2.45, 2.75) is 6.42 Å². The van der Waals surface area contributed by atoms with Crippen LogP contribution in [0.25, 0.3) is 0 Å². The van der Waals surface area contributed by atoms with Crippen molar-refractivity contribution in [3.8, 4) is 0 Å². The normalized spacial score (nSPS) is 14.6. The van der Waals surface area contributed by atoms with Crippen LogP contribution in [0.5, 0.6) is 0 Å². The number of nitrogens with one attached hydrogen (secondary N) is 1. The van der Waals surface area contributed by atoms with E-state index in [4.69, 9.17) is 0 Å². The number of hydrogen-bond acceptors (Lipinski definition) is 1. The molecule has 0 spiro atoms.